The van der Waals surface area contributed by atoms with Crippen molar-refractivity contribution in [2.24, 2.45) is 5.92 Å². The van der Waals surface area contributed by atoms with E-state index in [-0.39, 0.29) is 6.61 Å². The first-order valence-electron chi connectivity index (χ1n) is 4.24. The standard InChI is InChI=1S/C8H12F2O4/c1-5(2)8(9,10)4-13-6-3-12-7(11)14-6/h5-6H,3-4H2,1-2H3. The Morgan fingerprint density at radius 2 is 2.29 bits per heavy atom. The molecule has 0 aromatic carbocycles. The molecule has 1 aliphatic rings. The molecule has 1 fully saturated rings. The summed E-state index contributed by atoms with van der Waals surface area (Å²) in [6, 6.07) is 0. The van der Waals surface area contributed by atoms with Gasteiger partial charge in [0, 0.05) is 5.92 Å². The van der Waals surface area contributed by atoms with Crippen LogP contribution >= 0.6 is 0 Å². The third-order valence-electron chi connectivity index (χ3n) is 1.87. The van der Waals surface area contributed by atoms with E-state index in [0.717, 1.165) is 0 Å². The van der Waals surface area contributed by atoms with Crippen molar-refractivity contribution in [1.29, 1.82) is 0 Å². The van der Waals surface area contributed by atoms with Crippen LogP contribution in [0.2, 0.25) is 0 Å². The summed E-state index contributed by atoms with van der Waals surface area (Å²) in [5, 5.41) is 0. The van der Waals surface area contributed by atoms with E-state index >= 15 is 0 Å². The fourth-order valence-electron chi connectivity index (χ4n) is 0.764. The Morgan fingerprint density at radius 3 is 2.71 bits per heavy atom. The highest BCUT2D eigenvalue weighted by Crippen LogP contribution is 2.25. The summed E-state index contributed by atoms with van der Waals surface area (Å²) in [6.07, 6.45) is -1.89. The molecule has 0 aromatic rings. The van der Waals surface area contributed by atoms with E-state index in [1.807, 2.05) is 0 Å². The molecule has 0 aromatic heterocycles. The third-order valence-corrected chi connectivity index (χ3v) is 1.87. The van der Waals surface area contributed by atoms with Crippen molar-refractivity contribution in [3.63, 3.8) is 0 Å². The van der Waals surface area contributed by atoms with Gasteiger partial charge in [0.15, 0.2) is 6.61 Å². The van der Waals surface area contributed by atoms with Crippen molar-refractivity contribution in [3.8, 4) is 0 Å². The predicted molar refractivity (Wildman–Crippen MR) is 42.0 cm³/mol. The predicted octanol–water partition coefficient (Wildman–Crippen LogP) is 1.79. The van der Waals surface area contributed by atoms with Crippen LogP contribution in [0.5, 0.6) is 0 Å². The van der Waals surface area contributed by atoms with E-state index < -0.39 is 30.9 Å². The van der Waals surface area contributed by atoms with Crippen molar-refractivity contribution in [1.82, 2.24) is 0 Å². The molecule has 0 aliphatic carbocycles. The fourth-order valence-corrected chi connectivity index (χ4v) is 0.764. The first-order valence-corrected chi connectivity index (χ1v) is 4.24. The molecule has 1 rings (SSSR count). The van der Waals surface area contributed by atoms with E-state index in [2.05, 4.69) is 14.2 Å². The van der Waals surface area contributed by atoms with Gasteiger partial charge in [-0.05, 0) is 0 Å². The van der Waals surface area contributed by atoms with Crippen molar-refractivity contribution in [2.45, 2.75) is 26.1 Å². The van der Waals surface area contributed by atoms with Crippen LogP contribution in [0.1, 0.15) is 13.8 Å². The second-order valence-electron chi connectivity index (χ2n) is 3.34. The molecule has 0 bridgehead atoms. The molecule has 0 saturated carbocycles. The fraction of sp³-hybridized carbons (Fsp3) is 0.875. The minimum absolute atomic E-state index is 0.132. The molecule has 0 radical (unpaired) electrons. The number of hydrogen-bond acceptors (Lipinski definition) is 4. The SMILES string of the molecule is CC(C)C(F)(F)COC1COC(=O)O1. The normalized spacial score (nSPS) is 22.4. The monoisotopic (exact) mass is 210 g/mol. The van der Waals surface area contributed by atoms with Crippen molar-refractivity contribution >= 4 is 6.16 Å². The Kier molecular flexibility index (Phi) is 3.25. The number of carbonyl (C=O) groups is 1. The van der Waals surface area contributed by atoms with E-state index in [9.17, 15) is 13.6 Å². The van der Waals surface area contributed by atoms with Crippen molar-refractivity contribution < 1.29 is 27.8 Å². The van der Waals surface area contributed by atoms with Gasteiger partial charge in [0.2, 0.25) is 6.29 Å². The highest BCUT2D eigenvalue weighted by molar-refractivity contribution is 5.61. The van der Waals surface area contributed by atoms with E-state index in [1.54, 1.807) is 0 Å². The van der Waals surface area contributed by atoms with Crippen molar-refractivity contribution in [2.75, 3.05) is 13.2 Å². The molecule has 6 heteroatoms. The number of cyclic esters (lactones) is 2. The number of rotatable bonds is 4. The maximum absolute atomic E-state index is 13.0. The molecule has 0 amide bonds. The first-order chi connectivity index (χ1) is 6.42. The number of ether oxygens (including phenoxy) is 3. The summed E-state index contributed by atoms with van der Waals surface area (Å²) in [4.78, 5) is 10.4. The summed E-state index contributed by atoms with van der Waals surface area (Å²) in [5.74, 6) is -3.74. The van der Waals surface area contributed by atoms with Gasteiger partial charge >= 0.3 is 6.16 Å². The number of halogens is 2. The topological polar surface area (TPSA) is 44.8 Å². The second kappa shape index (κ2) is 4.08. The van der Waals surface area contributed by atoms with Gasteiger partial charge in [-0.3, -0.25) is 0 Å². The maximum atomic E-state index is 13.0. The molecule has 14 heavy (non-hydrogen) atoms. The molecule has 1 atom stereocenters. The Labute approximate surface area is 80.1 Å². The lowest BCUT2D eigenvalue weighted by Crippen LogP contribution is -2.33. The number of alkyl halides is 2. The molecule has 82 valence electrons. The molecule has 1 saturated heterocycles. The van der Waals surface area contributed by atoms with Crippen LogP contribution in [-0.2, 0) is 14.2 Å². The van der Waals surface area contributed by atoms with Crippen LogP contribution in [0.3, 0.4) is 0 Å². The zero-order chi connectivity index (χ0) is 10.8. The minimum Gasteiger partial charge on any atom is -0.428 e. The third kappa shape index (κ3) is 2.80. The molecule has 1 unspecified atom stereocenters. The molecule has 1 heterocycles. The largest absolute Gasteiger partial charge is 0.510 e. The Balaban J connectivity index is 2.30. The Morgan fingerprint density at radius 1 is 1.64 bits per heavy atom. The van der Waals surface area contributed by atoms with E-state index in [1.165, 1.54) is 13.8 Å². The average Bonchev–Trinajstić information content (AvgIpc) is 2.48. The quantitative estimate of drug-likeness (QED) is 0.663. The molecule has 4 nitrogen and oxygen atoms in total. The molecule has 0 N–H and O–H groups in total. The number of carbonyl (C=O) groups excluding carboxylic acids is 1. The van der Waals surface area contributed by atoms with Gasteiger partial charge in [-0.25, -0.2) is 13.6 Å². The smallest absolute Gasteiger partial charge is 0.428 e. The van der Waals surface area contributed by atoms with Gasteiger partial charge in [-0.1, -0.05) is 13.8 Å². The molecular formula is C8H12F2O4. The highest BCUT2D eigenvalue weighted by Gasteiger charge is 2.36. The van der Waals surface area contributed by atoms with Crippen LogP contribution in [-0.4, -0.2) is 31.6 Å². The molecular weight excluding hydrogens is 198 g/mol. The summed E-state index contributed by atoms with van der Waals surface area (Å²) >= 11 is 0. The summed E-state index contributed by atoms with van der Waals surface area (Å²) in [6.45, 7) is 1.88. The van der Waals surface area contributed by atoms with E-state index in [0.29, 0.717) is 0 Å². The Hall–Kier alpha value is -0.910. The first kappa shape index (κ1) is 11.2. The molecule has 0 spiro atoms. The van der Waals surface area contributed by atoms with Crippen LogP contribution in [0.25, 0.3) is 0 Å². The summed E-state index contributed by atoms with van der Waals surface area (Å²) < 4.78 is 39.4. The lowest BCUT2D eigenvalue weighted by molar-refractivity contribution is -0.165. The van der Waals surface area contributed by atoms with Gasteiger partial charge in [-0.15, -0.1) is 0 Å². The zero-order valence-electron chi connectivity index (χ0n) is 7.96. The van der Waals surface area contributed by atoms with Crippen molar-refractivity contribution in [3.05, 3.63) is 0 Å². The van der Waals surface area contributed by atoms with Crippen LogP contribution in [0, 0.1) is 5.92 Å². The second-order valence-corrected chi connectivity index (χ2v) is 3.34. The number of hydrogen-bond donors (Lipinski definition) is 0. The van der Waals surface area contributed by atoms with Gasteiger partial charge in [0.25, 0.3) is 5.92 Å². The summed E-state index contributed by atoms with van der Waals surface area (Å²) in [7, 11) is 0. The van der Waals surface area contributed by atoms with Crippen LogP contribution in [0.15, 0.2) is 0 Å². The van der Waals surface area contributed by atoms with E-state index in [4.69, 9.17) is 0 Å². The average molecular weight is 210 g/mol. The maximum Gasteiger partial charge on any atom is 0.510 e. The van der Waals surface area contributed by atoms with Crippen LogP contribution < -0.4 is 0 Å². The highest BCUT2D eigenvalue weighted by atomic mass is 19.3. The van der Waals surface area contributed by atoms with Gasteiger partial charge < -0.3 is 14.2 Å². The molecule has 1 aliphatic heterocycles. The minimum atomic E-state index is -2.92. The van der Waals surface area contributed by atoms with Crippen LogP contribution in [0.4, 0.5) is 13.6 Å². The van der Waals surface area contributed by atoms with Gasteiger partial charge in [0.05, 0.1) is 0 Å². The lowest BCUT2D eigenvalue weighted by Gasteiger charge is -2.21. The lowest BCUT2D eigenvalue weighted by atomic mass is 10.1. The zero-order valence-corrected chi connectivity index (χ0v) is 7.96. The van der Waals surface area contributed by atoms with Gasteiger partial charge in [0.1, 0.15) is 6.61 Å². The summed E-state index contributed by atoms with van der Waals surface area (Å²) in [5.41, 5.74) is 0. The van der Waals surface area contributed by atoms with Gasteiger partial charge in [-0.2, -0.15) is 0 Å². The Bertz CT molecular complexity index is 217.